The SMILES string of the molecule is CCOc1ccc([C@H](C(=O)O)N2CCCCC2)cc1. The number of nitrogens with zero attached hydrogens (tertiary/aromatic N) is 1. The van der Waals surface area contributed by atoms with Crippen LogP contribution in [0.25, 0.3) is 0 Å². The molecule has 1 aromatic carbocycles. The Morgan fingerprint density at radius 2 is 1.89 bits per heavy atom. The van der Waals surface area contributed by atoms with E-state index in [1.54, 1.807) is 0 Å². The van der Waals surface area contributed by atoms with Crippen LogP contribution in [-0.4, -0.2) is 35.7 Å². The lowest BCUT2D eigenvalue weighted by atomic mass is 10.0. The maximum absolute atomic E-state index is 11.5. The molecule has 1 N–H and O–H groups in total. The number of piperidine rings is 1. The molecule has 0 unspecified atom stereocenters. The second kappa shape index (κ2) is 6.57. The molecule has 19 heavy (non-hydrogen) atoms. The summed E-state index contributed by atoms with van der Waals surface area (Å²) in [6, 6.07) is 6.88. The van der Waals surface area contributed by atoms with Gasteiger partial charge in [-0.25, -0.2) is 0 Å². The van der Waals surface area contributed by atoms with Gasteiger partial charge in [-0.05, 0) is 50.6 Å². The van der Waals surface area contributed by atoms with Crippen LogP contribution in [0, 0.1) is 0 Å². The van der Waals surface area contributed by atoms with Crippen LogP contribution in [0.2, 0.25) is 0 Å². The van der Waals surface area contributed by atoms with Crippen molar-refractivity contribution in [1.29, 1.82) is 0 Å². The Morgan fingerprint density at radius 1 is 1.26 bits per heavy atom. The largest absolute Gasteiger partial charge is 0.494 e. The maximum Gasteiger partial charge on any atom is 0.325 e. The van der Waals surface area contributed by atoms with Crippen LogP contribution in [0.5, 0.6) is 5.75 Å². The molecule has 104 valence electrons. The van der Waals surface area contributed by atoms with Crippen LogP contribution in [0.15, 0.2) is 24.3 Å². The molecule has 1 aliphatic rings. The van der Waals surface area contributed by atoms with Crippen LogP contribution in [0.3, 0.4) is 0 Å². The summed E-state index contributed by atoms with van der Waals surface area (Å²) in [5, 5.41) is 9.48. The van der Waals surface area contributed by atoms with Gasteiger partial charge in [0.05, 0.1) is 6.61 Å². The third kappa shape index (κ3) is 3.47. The quantitative estimate of drug-likeness (QED) is 0.887. The first-order chi connectivity index (χ1) is 9.22. The van der Waals surface area contributed by atoms with Crippen molar-refractivity contribution in [1.82, 2.24) is 4.90 Å². The predicted molar refractivity (Wildman–Crippen MR) is 73.4 cm³/mol. The second-order valence-corrected chi connectivity index (χ2v) is 4.84. The zero-order valence-electron chi connectivity index (χ0n) is 11.3. The monoisotopic (exact) mass is 263 g/mol. The average Bonchev–Trinajstić information content (AvgIpc) is 2.42. The van der Waals surface area contributed by atoms with Crippen molar-refractivity contribution in [2.75, 3.05) is 19.7 Å². The number of likely N-dealkylation sites (tertiary alicyclic amines) is 1. The summed E-state index contributed by atoms with van der Waals surface area (Å²) in [6.45, 7) is 4.28. The highest BCUT2D eigenvalue weighted by Crippen LogP contribution is 2.26. The van der Waals surface area contributed by atoms with Gasteiger partial charge in [-0.2, -0.15) is 0 Å². The molecule has 1 saturated heterocycles. The van der Waals surface area contributed by atoms with E-state index in [9.17, 15) is 9.90 Å². The molecule has 1 heterocycles. The third-order valence-corrected chi connectivity index (χ3v) is 3.50. The average molecular weight is 263 g/mol. The molecular formula is C15H21NO3. The van der Waals surface area contributed by atoms with E-state index in [1.165, 1.54) is 6.42 Å². The van der Waals surface area contributed by atoms with Crippen molar-refractivity contribution in [3.63, 3.8) is 0 Å². The molecule has 4 nitrogen and oxygen atoms in total. The number of ether oxygens (including phenoxy) is 1. The minimum Gasteiger partial charge on any atom is -0.494 e. The molecule has 0 spiro atoms. The minimum absolute atomic E-state index is 0.532. The van der Waals surface area contributed by atoms with E-state index in [1.807, 2.05) is 31.2 Å². The molecule has 0 aliphatic carbocycles. The van der Waals surface area contributed by atoms with Crippen LogP contribution in [-0.2, 0) is 4.79 Å². The topological polar surface area (TPSA) is 49.8 Å². The first kappa shape index (κ1) is 13.9. The summed E-state index contributed by atoms with van der Waals surface area (Å²) in [4.78, 5) is 13.6. The predicted octanol–water partition coefficient (Wildman–Crippen LogP) is 2.70. The van der Waals surface area contributed by atoms with Gasteiger partial charge in [0, 0.05) is 0 Å². The van der Waals surface area contributed by atoms with Gasteiger partial charge in [0.25, 0.3) is 0 Å². The van der Waals surface area contributed by atoms with Gasteiger partial charge in [0.2, 0.25) is 0 Å². The van der Waals surface area contributed by atoms with Gasteiger partial charge in [0.1, 0.15) is 11.8 Å². The smallest absolute Gasteiger partial charge is 0.325 e. The summed E-state index contributed by atoms with van der Waals surface area (Å²) in [7, 11) is 0. The zero-order chi connectivity index (χ0) is 13.7. The van der Waals surface area contributed by atoms with Crippen molar-refractivity contribution < 1.29 is 14.6 Å². The fraction of sp³-hybridized carbons (Fsp3) is 0.533. The second-order valence-electron chi connectivity index (χ2n) is 4.84. The minimum atomic E-state index is -0.772. The van der Waals surface area contributed by atoms with E-state index in [4.69, 9.17) is 4.74 Å². The molecule has 1 aromatic rings. The van der Waals surface area contributed by atoms with Gasteiger partial charge in [-0.1, -0.05) is 18.6 Å². The van der Waals surface area contributed by atoms with Gasteiger partial charge in [-0.15, -0.1) is 0 Å². The summed E-state index contributed by atoms with van der Waals surface area (Å²) in [6.07, 6.45) is 3.37. The van der Waals surface area contributed by atoms with Gasteiger partial charge in [0.15, 0.2) is 0 Å². The lowest BCUT2D eigenvalue weighted by Crippen LogP contribution is -2.37. The Morgan fingerprint density at radius 3 is 2.42 bits per heavy atom. The molecule has 1 aliphatic heterocycles. The zero-order valence-corrected chi connectivity index (χ0v) is 11.3. The summed E-state index contributed by atoms with van der Waals surface area (Å²) >= 11 is 0. The molecule has 0 radical (unpaired) electrons. The molecule has 0 amide bonds. The number of rotatable bonds is 5. The highest BCUT2D eigenvalue weighted by Gasteiger charge is 2.28. The van der Waals surface area contributed by atoms with Crippen LogP contribution in [0.1, 0.15) is 37.8 Å². The van der Waals surface area contributed by atoms with Crippen LogP contribution in [0.4, 0.5) is 0 Å². The molecular weight excluding hydrogens is 242 g/mol. The van der Waals surface area contributed by atoms with Gasteiger partial charge in [-0.3, -0.25) is 9.69 Å². The molecule has 0 bridgehead atoms. The Balaban J connectivity index is 2.15. The van der Waals surface area contributed by atoms with Crippen LogP contribution < -0.4 is 4.74 Å². The van der Waals surface area contributed by atoms with Gasteiger partial charge >= 0.3 is 5.97 Å². The van der Waals surface area contributed by atoms with E-state index in [2.05, 4.69) is 4.90 Å². The Hall–Kier alpha value is -1.55. The Kier molecular flexibility index (Phi) is 4.80. The summed E-state index contributed by atoms with van der Waals surface area (Å²) in [5.41, 5.74) is 0.831. The van der Waals surface area contributed by atoms with E-state index in [0.29, 0.717) is 6.61 Å². The van der Waals surface area contributed by atoms with Crippen molar-refractivity contribution in [2.24, 2.45) is 0 Å². The molecule has 2 rings (SSSR count). The number of carboxylic acid groups (broad SMARTS) is 1. The lowest BCUT2D eigenvalue weighted by Gasteiger charge is -2.32. The van der Waals surface area contributed by atoms with Crippen molar-refractivity contribution in [3.05, 3.63) is 29.8 Å². The van der Waals surface area contributed by atoms with Crippen LogP contribution >= 0.6 is 0 Å². The van der Waals surface area contributed by atoms with Crippen molar-refractivity contribution in [2.45, 2.75) is 32.2 Å². The van der Waals surface area contributed by atoms with E-state index < -0.39 is 12.0 Å². The highest BCUT2D eigenvalue weighted by molar-refractivity contribution is 5.75. The number of carboxylic acids is 1. The normalized spacial score (nSPS) is 17.9. The molecule has 4 heteroatoms. The maximum atomic E-state index is 11.5. The summed E-state index contributed by atoms with van der Waals surface area (Å²) < 4.78 is 5.39. The Bertz CT molecular complexity index is 410. The molecule has 0 saturated carbocycles. The highest BCUT2D eigenvalue weighted by atomic mass is 16.5. The van der Waals surface area contributed by atoms with E-state index >= 15 is 0 Å². The van der Waals surface area contributed by atoms with Crippen molar-refractivity contribution in [3.8, 4) is 5.75 Å². The van der Waals surface area contributed by atoms with Gasteiger partial charge < -0.3 is 9.84 Å². The number of hydrogen-bond acceptors (Lipinski definition) is 3. The number of hydrogen-bond donors (Lipinski definition) is 1. The summed E-state index contributed by atoms with van der Waals surface area (Å²) in [5.74, 6) is 0.0140. The molecule has 0 aromatic heterocycles. The number of benzene rings is 1. The Labute approximate surface area is 114 Å². The number of aliphatic carboxylic acids is 1. The standard InChI is InChI=1S/C15H21NO3/c1-2-19-13-8-6-12(7-9-13)14(15(17)18)16-10-4-3-5-11-16/h6-9,14H,2-5,10-11H2,1H3,(H,17,18)/t14-/m1/s1. The van der Waals surface area contributed by atoms with E-state index in [-0.39, 0.29) is 0 Å². The molecule has 1 fully saturated rings. The number of carbonyl (C=O) groups is 1. The first-order valence-electron chi connectivity index (χ1n) is 6.92. The fourth-order valence-corrected chi connectivity index (χ4v) is 2.60. The fourth-order valence-electron chi connectivity index (χ4n) is 2.60. The lowest BCUT2D eigenvalue weighted by molar-refractivity contribution is -0.144. The van der Waals surface area contributed by atoms with E-state index in [0.717, 1.165) is 37.2 Å². The molecule has 1 atom stereocenters. The van der Waals surface area contributed by atoms with Crippen molar-refractivity contribution >= 4 is 5.97 Å². The first-order valence-corrected chi connectivity index (χ1v) is 6.92. The third-order valence-electron chi connectivity index (χ3n) is 3.50.